The first kappa shape index (κ1) is 14.1. The van der Waals surface area contributed by atoms with Gasteiger partial charge in [-0.05, 0) is 32.7 Å². The minimum absolute atomic E-state index is 0.0243. The Morgan fingerprint density at radius 3 is 2.45 bits per heavy atom. The Kier molecular flexibility index (Phi) is 2.90. The number of hydrogen-bond donors (Lipinski definition) is 3. The van der Waals surface area contributed by atoms with Crippen molar-refractivity contribution >= 4 is 5.91 Å². The summed E-state index contributed by atoms with van der Waals surface area (Å²) in [7, 11) is 1.73. The van der Waals surface area contributed by atoms with Gasteiger partial charge in [-0.15, -0.1) is 0 Å². The molecule has 1 aliphatic heterocycles. The van der Waals surface area contributed by atoms with Crippen LogP contribution in [0.4, 0.5) is 13.2 Å². The summed E-state index contributed by atoms with van der Waals surface area (Å²) >= 11 is 0. The van der Waals surface area contributed by atoms with Gasteiger partial charge < -0.3 is 16.0 Å². The van der Waals surface area contributed by atoms with Crippen LogP contribution in [0.3, 0.4) is 0 Å². The van der Waals surface area contributed by atoms with Gasteiger partial charge in [0, 0.05) is 25.0 Å². The van der Waals surface area contributed by atoms with Gasteiger partial charge in [0.15, 0.2) is 0 Å². The van der Waals surface area contributed by atoms with Crippen molar-refractivity contribution in [2.75, 3.05) is 26.7 Å². The summed E-state index contributed by atoms with van der Waals surface area (Å²) in [4.78, 5) is 12.2. The molecule has 0 aromatic rings. The van der Waals surface area contributed by atoms with Crippen LogP contribution >= 0.6 is 0 Å². The number of piperidine rings is 1. The van der Waals surface area contributed by atoms with Gasteiger partial charge >= 0.3 is 6.18 Å². The fourth-order valence-corrected chi connectivity index (χ4v) is 3.87. The molecule has 0 aromatic carbocycles. The molecular weight excluding hydrogens is 271 g/mol. The number of hydrogen-bond acceptors (Lipinski definition) is 3. The van der Waals surface area contributed by atoms with Crippen molar-refractivity contribution in [1.29, 1.82) is 0 Å². The van der Waals surface area contributed by atoms with E-state index < -0.39 is 22.5 Å². The molecule has 2 saturated carbocycles. The van der Waals surface area contributed by atoms with E-state index in [2.05, 4.69) is 16.0 Å². The van der Waals surface area contributed by atoms with Gasteiger partial charge in [-0.25, -0.2) is 0 Å². The summed E-state index contributed by atoms with van der Waals surface area (Å²) in [6.07, 6.45) is -1.58. The molecule has 2 aliphatic carbocycles. The molecular formula is C13H20F3N3O. The zero-order valence-corrected chi connectivity index (χ0v) is 11.5. The van der Waals surface area contributed by atoms with Crippen molar-refractivity contribution in [3.05, 3.63) is 0 Å². The molecule has 0 spiro atoms. The number of carbonyl (C=O) groups is 1. The minimum atomic E-state index is -4.20. The molecule has 0 aromatic heterocycles. The fourth-order valence-electron chi connectivity index (χ4n) is 3.87. The van der Waals surface area contributed by atoms with Crippen molar-refractivity contribution in [2.45, 2.75) is 37.4 Å². The Balaban J connectivity index is 1.64. The van der Waals surface area contributed by atoms with Gasteiger partial charge in [0.25, 0.3) is 0 Å². The molecule has 0 unspecified atom stereocenters. The average Bonchev–Trinajstić information content (AvgIpc) is 2.84. The molecule has 3 fully saturated rings. The maximum atomic E-state index is 13.2. The largest absolute Gasteiger partial charge is 0.396 e. The van der Waals surface area contributed by atoms with Crippen molar-refractivity contribution in [3.63, 3.8) is 0 Å². The van der Waals surface area contributed by atoms with Crippen LogP contribution in [0.25, 0.3) is 0 Å². The Morgan fingerprint density at radius 2 is 2.00 bits per heavy atom. The number of amides is 1. The zero-order chi connectivity index (χ0) is 14.6. The second-order valence-electron chi connectivity index (χ2n) is 6.51. The minimum Gasteiger partial charge on any atom is -0.354 e. The summed E-state index contributed by atoms with van der Waals surface area (Å²) in [6.45, 7) is 0.421. The van der Waals surface area contributed by atoms with Gasteiger partial charge in [-0.3, -0.25) is 4.79 Å². The molecule has 0 bridgehead atoms. The van der Waals surface area contributed by atoms with Crippen LogP contribution in [0.2, 0.25) is 0 Å². The third-order valence-corrected chi connectivity index (χ3v) is 5.67. The van der Waals surface area contributed by atoms with Gasteiger partial charge in [0.1, 0.15) is 0 Å². The van der Waals surface area contributed by atoms with E-state index in [0.717, 1.165) is 19.3 Å². The van der Waals surface area contributed by atoms with E-state index in [1.807, 2.05) is 0 Å². The maximum Gasteiger partial charge on any atom is 0.396 e. The molecule has 0 radical (unpaired) electrons. The second kappa shape index (κ2) is 4.10. The van der Waals surface area contributed by atoms with E-state index in [-0.39, 0.29) is 25.4 Å². The van der Waals surface area contributed by atoms with Crippen LogP contribution < -0.4 is 16.0 Å². The van der Waals surface area contributed by atoms with Crippen LogP contribution in [0.5, 0.6) is 0 Å². The summed E-state index contributed by atoms with van der Waals surface area (Å²) in [5.74, 6) is -0.157. The van der Waals surface area contributed by atoms with E-state index in [0.29, 0.717) is 6.54 Å². The van der Waals surface area contributed by atoms with E-state index in [1.54, 1.807) is 7.05 Å². The number of fused-ring (bicyclic) bond motifs is 1. The van der Waals surface area contributed by atoms with Crippen molar-refractivity contribution in [3.8, 4) is 0 Å². The summed E-state index contributed by atoms with van der Waals surface area (Å²) in [5, 5.41) is 8.59. The number of likely N-dealkylation sites (N-methyl/N-ethyl adjacent to an activating group) is 1. The van der Waals surface area contributed by atoms with E-state index in [9.17, 15) is 18.0 Å². The van der Waals surface area contributed by atoms with Crippen molar-refractivity contribution in [2.24, 2.45) is 10.8 Å². The van der Waals surface area contributed by atoms with Crippen LogP contribution in [0, 0.1) is 10.8 Å². The topological polar surface area (TPSA) is 53.2 Å². The number of nitrogens with one attached hydrogen (secondary N) is 3. The molecule has 20 heavy (non-hydrogen) atoms. The lowest BCUT2D eigenvalue weighted by Gasteiger charge is -2.40. The monoisotopic (exact) mass is 291 g/mol. The third kappa shape index (κ3) is 1.65. The molecule has 2 atom stereocenters. The molecule has 4 nitrogen and oxygen atoms in total. The third-order valence-electron chi connectivity index (χ3n) is 5.67. The summed E-state index contributed by atoms with van der Waals surface area (Å²) in [6, 6.07) is 0. The summed E-state index contributed by atoms with van der Waals surface area (Å²) in [5.41, 5.74) is -3.02. The highest BCUT2D eigenvalue weighted by Crippen LogP contribution is 2.72. The number of halogens is 3. The van der Waals surface area contributed by atoms with Gasteiger partial charge in [-0.2, -0.15) is 13.2 Å². The molecule has 1 saturated heterocycles. The average molecular weight is 291 g/mol. The first-order valence-electron chi connectivity index (χ1n) is 7.06. The number of alkyl halides is 3. The Bertz CT molecular complexity index is 430. The molecule has 3 aliphatic rings. The van der Waals surface area contributed by atoms with Crippen LogP contribution in [0.15, 0.2) is 0 Å². The highest BCUT2D eigenvalue weighted by molar-refractivity contribution is 5.87. The van der Waals surface area contributed by atoms with Crippen molar-refractivity contribution in [1.82, 2.24) is 16.0 Å². The summed E-state index contributed by atoms with van der Waals surface area (Å²) < 4.78 is 39.5. The van der Waals surface area contributed by atoms with Gasteiger partial charge in [0.05, 0.1) is 11.0 Å². The fraction of sp³-hybridized carbons (Fsp3) is 0.923. The first-order chi connectivity index (χ1) is 9.31. The Labute approximate surface area is 115 Å². The second-order valence-corrected chi connectivity index (χ2v) is 6.51. The van der Waals surface area contributed by atoms with E-state index in [4.69, 9.17) is 0 Å². The normalized spacial score (nSPS) is 38.0. The predicted molar refractivity (Wildman–Crippen MR) is 67.1 cm³/mol. The number of carbonyl (C=O) groups excluding carboxylic acids is 1. The van der Waals surface area contributed by atoms with Crippen LogP contribution in [-0.2, 0) is 4.79 Å². The highest BCUT2D eigenvalue weighted by Gasteiger charge is 2.81. The lowest BCUT2D eigenvalue weighted by molar-refractivity contribution is -0.190. The molecule has 1 amide bonds. The standard InChI is InChI=1S/C13H20F3N3O/c1-17-11(3-2-4-11)9(20)19-7-10-5-12(10,8-18-6-10)13(14,15)16/h17-18H,2-8H2,1H3,(H,19,20)/t10-,12-/m1/s1. The van der Waals surface area contributed by atoms with Crippen molar-refractivity contribution < 1.29 is 18.0 Å². The molecule has 7 heteroatoms. The van der Waals surface area contributed by atoms with E-state index >= 15 is 0 Å². The van der Waals surface area contributed by atoms with Crippen LogP contribution in [-0.4, -0.2) is 44.3 Å². The van der Waals surface area contributed by atoms with Crippen LogP contribution in [0.1, 0.15) is 25.7 Å². The molecule has 1 heterocycles. The SMILES string of the molecule is CNC1(C(=O)NC[C@@]23CNC[C@]2(C(F)(F)F)C3)CCC1. The Hall–Kier alpha value is -0.820. The molecule has 3 rings (SSSR count). The smallest absolute Gasteiger partial charge is 0.354 e. The van der Waals surface area contributed by atoms with E-state index in [1.165, 1.54) is 0 Å². The Morgan fingerprint density at radius 1 is 1.30 bits per heavy atom. The molecule has 114 valence electrons. The quantitative estimate of drug-likeness (QED) is 0.718. The van der Waals surface area contributed by atoms with Gasteiger partial charge in [-0.1, -0.05) is 0 Å². The lowest BCUT2D eigenvalue weighted by Crippen LogP contribution is -2.60. The maximum absolute atomic E-state index is 13.2. The molecule has 3 N–H and O–H groups in total. The highest BCUT2D eigenvalue weighted by atomic mass is 19.4. The first-order valence-corrected chi connectivity index (χ1v) is 7.06. The van der Waals surface area contributed by atoms with Gasteiger partial charge in [0.2, 0.25) is 5.91 Å². The lowest BCUT2D eigenvalue weighted by atomic mass is 9.76. The number of rotatable bonds is 4. The predicted octanol–water partition coefficient (Wildman–Crippen LogP) is 0.787. The zero-order valence-electron chi connectivity index (χ0n) is 11.5.